The molecule has 0 saturated carbocycles. The molecule has 0 aliphatic carbocycles. The van der Waals surface area contributed by atoms with Crippen molar-refractivity contribution < 1.29 is 14.3 Å². The summed E-state index contributed by atoms with van der Waals surface area (Å²) in [6.07, 6.45) is 0.796. The van der Waals surface area contributed by atoms with Crippen LogP contribution in [0.15, 0.2) is 24.3 Å². The van der Waals surface area contributed by atoms with Crippen LogP contribution in [0.2, 0.25) is 0 Å². The standard InChI is InChI=1S/C13H18N2O3/c1-3-8-18-13(17)10-4-6-11(7-5-10)15-12(16)9-14-2/h4-7,14H,3,8-9H2,1-2H3,(H,15,16). The molecule has 0 unspecified atom stereocenters. The lowest BCUT2D eigenvalue weighted by Crippen LogP contribution is -2.25. The van der Waals surface area contributed by atoms with Crippen molar-refractivity contribution in [3.8, 4) is 0 Å². The van der Waals surface area contributed by atoms with Crippen molar-refractivity contribution >= 4 is 17.6 Å². The number of carbonyl (C=O) groups is 2. The van der Waals surface area contributed by atoms with E-state index in [9.17, 15) is 9.59 Å². The Morgan fingerprint density at radius 2 is 1.89 bits per heavy atom. The Morgan fingerprint density at radius 1 is 1.22 bits per heavy atom. The van der Waals surface area contributed by atoms with Crippen LogP contribution in [0, 0.1) is 0 Å². The van der Waals surface area contributed by atoms with Crippen molar-refractivity contribution in [3.05, 3.63) is 29.8 Å². The molecule has 0 fully saturated rings. The summed E-state index contributed by atoms with van der Waals surface area (Å²) in [5, 5.41) is 5.45. The fraction of sp³-hybridized carbons (Fsp3) is 0.385. The van der Waals surface area contributed by atoms with E-state index >= 15 is 0 Å². The van der Waals surface area contributed by atoms with E-state index in [0.717, 1.165) is 6.42 Å². The third-order valence-corrected chi connectivity index (χ3v) is 2.18. The van der Waals surface area contributed by atoms with Crippen LogP contribution in [0.1, 0.15) is 23.7 Å². The number of ether oxygens (including phenoxy) is 1. The predicted octanol–water partition coefficient (Wildman–Crippen LogP) is 1.41. The second-order valence-electron chi connectivity index (χ2n) is 3.79. The van der Waals surface area contributed by atoms with Crippen molar-refractivity contribution in [2.24, 2.45) is 0 Å². The summed E-state index contributed by atoms with van der Waals surface area (Å²) in [4.78, 5) is 22.8. The number of nitrogens with one attached hydrogen (secondary N) is 2. The zero-order valence-electron chi connectivity index (χ0n) is 10.7. The zero-order valence-corrected chi connectivity index (χ0v) is 10.7. The molecule has 0 heterocycles. The van der Waals surface area contributed by atoms with Crippen LogP contribution in [0.25, 0.3) is 0 Å². The van der Waals surface area contributed by atoms with Crippen molar-refractivity contribution in [2.45, 2.75) is 13.3 Å². The minimum Gasteiger partial charge on any atom is -0.462 e. The number of hydrogen-bond acceptors (Lipinski definition) is 4. The minimum absolute atomic E-state index is 0.126. The number of benzene rings is 1. The van der Waals surface area contributed by atoms with Gasteiger partial charge in [0.2, 0.25) is 5.91 Å². The van der Waals surface area contributed by atoms with Gasteiger partial charge in [-0.2, -0.15) is 0 Å². The fourth-order valence-corrected chi connectivity index (χ4v) is 1.33. The molecule has 0 spiro atoms. The number of anilines is 1. The highest BCUT2D eigenvalue weighted by molar-refractivity contribution is 5.93. The second kappa shape index (κ2) is 7.45. The van der Waals surface area contributed by atoms with Crippen LogP contribution < -0.4 is 10.6 Å². The summed E-state index contributed by atoms with van der Waals surface area (Å²) in [6.45, 7) is 2.60. The number of esters is 1. The van der Waals surface area contributed by atoms with E-state index in [1.165, 1.54) is 0 Å². The van der Waals surface area contributed by atoms with Crippen LogP contribution >= 0.6 is 0 Å². The molecule has 98 valence electrons. The summed E-state index contributed by atoms with van der Waals surface area (Å²) in [7, 11) is 1.70. The first-order chi connectivity index (χ1) is 8.67. The molecule has 0 aliphatic heterocycles. The number of amides is 1. The van der Waals surface area contributed by atoms with Gasteiger partial charge in [-0.05, 0) is 37.7 Å². The molecule has 1 amide bonds. The fourth-order valence-electron chi connectivity index (χ4n) is 1.33. The van der Waals surface area contributed by atoms with Crippen molar-refractivity contribution in [1.82, 2.24) is 5.32 Å². The number of hydrogen-bond donors (Lipinski definition) is 2. The summed E-state index contributed by atoms with van der Waals surface area (Å²) >= 11 is 0. The topological polar surface area (TPSA) is 67.4 Å². The summed E-state index contributed by atoms with van der Waals surface area (Å²) in [6, 6.07) is 6.62. The van der Waals surface area contributed by atoms with E-state index in [-0.39, 0.29) is 18.4 Å². The molecular formula is C13H18N2O3. The molecular weight excluding hydrogens is 232 g/mol. The molecule has 0 saturated heterocycles. The van der Waals surface area contributed by atoms with Gasteiger partial charge >= 0.3 is 5.97 Å². The normalized spacial score (nSPS) is 9.89. The smallest absolute Gasteiger partial charge is 0.338 e. The predicted molar refractivity (Wildman–Crippen MR) is 69.6 cm³/mol. The molecule has 0 atom stereocenters. The van der Waals surface area contributed by atoms with E-state index in [4.69, 9.17) is 4.74 Å². The lowest BCUT2D eigenvalue weighted by atomic mass is 10.2. The molecule has 0 aliphatic rings. The Morgan fingerprint density at radius 3 is 2.44 bits per heavy atom. The van der Waals surface area contributed by atoms with Crippen LogP contribution in [0.5, 0.6) is 0 Å². The van der Waals surface area contributed by atoms with Gasteiger partial charge in [0.25, 0.3) is 0 Å². The van der Waals surface area contributed by atoms with Crippen LogP contribution in [0.3, 0.4) is 0 Å². The van der Waals surface area contributed by atoms with Crippen molar-refractivity contribution in [1.29, 1.82) is 0 Å². The Kier molecular flexibility index (Phi) is 5.87. The van der Waals surface area contributed by atoms with E-state index in [0.29, 0.717) is 17.9 Å². The molecule has 18 heavy (non-hydrogen) atoms. The van der Waals surface area contributed by atoms with Gasteiger partial charge in [0.05, 0.1) is 18.7 Å². The average molecular weight is 250 g/mol. The maximum atomic E-state index is 11.5. The number of rotatable bonds is 6. The molecule has 0 bridgehead atoms. The molecule has 5 heteroatoms. The van der Waals surface area contributed by atoms with Crippen molar-refractivity contribution in [2.75, 3.05) is 25.5 Å². The molecule has 1 aromatic rings. The largest absolute Gasteiger partial charge is 0.462 e. The number of carbonyl (C=O) groups excluding carboxylic acids is 2. The lowest BCUT2D eigenvalue weighted by molar-refractivity contribution is -0.115. The monoisotopic (exact) mass is 250 g/mol. The Bertz CT molecular complexity index is 401. The first-order valence-electron chi connectivity index (χ1n) is 5.89. The zero-order chi connectivity index (χ0) is 13.4. The van der Waals surface area contributed by atoms with Gasteiger partial charge in [0.15, 0.2) is 0 Å². The highest BCUT2D eigenvalue weighted by Gasteiger charge is 2.07. The maximum absolute atomic E-state index is 11.5. The van der Waals surface area contributed by atoms with Gasteiger partial charge in [-0.15, -0.1) is 0 Å². The third kappa shape index (κ3) is 4.55. The first kappa shape index (κ1) is 14.2. The van der Waals surface area contributed by atoms with E-state index < -0.39 is 0 Å². The van der Waals surface area contributed by atoms with Gasteiger partial charge in [0.1, 0.15) is 0 Å². The summed E-state index contributed by atoms with van der Waals surface area (Å²) in [5.74, 6) is -0.469. The molecule has 0 radical (unpaired) electrons. The Labute approximate surface area is 107 Å². The van der Waals surface area contributed by atoms with Crippen molar-refractivity contribution in [3.63, 3.8) is 0 Å². The van der Waals surface area contributed by atoms with Gasteiger partial charge in [-0.3, -0.25) is 4.79 Å². The quantitative estimate of drug-likeness (QED) is 0.749. The average Bonchev–Trinajstić information content (AvgIpc) is 2.37. The Balaban J connectivity index is 2.57. The first-order valence-corrected chi connectivity index (χ1v) is 5.89. The second-order valence-corrected chi connectivity index (χ2v) is 3.79. The summed E-state index contributed by atoms with van der Waals surface area (Å²) < 4.78 is 5.00. The lowest BCUT2D eigenvalue weighted by Gasteiger charge is -2.06. The molecule has 0 aromatic heterocycles. The summed E-state index contributed by atoms with van der Waals surface area (Å²) in [5.41, 5.74) is 1.14. The van der Waals surface area contributed by atoms with Gasteiger partial charge in [-0.1, -0.05) is 6.92 Å². The highest BCUT2D eigenvalue weighted by atomic mass is 16.5. The SMILES string of the molecule is CCCOC(=O)c1ccc(NC(=O)CNC)cc1. The number of likely N-dealkylation sites (N-methyl/N-ethyl adjacent to an activating group) is 1. The van der Waals surface area contributed by atoms with Gasteiger partial charge in [-0.25, -0.2) is 4.79 Å². The molecule has 1 rings (SSSR count). The van der Waals surface area contributed by atoms with Crippen LogP contribution in [-0.4, -0.2) is 32.1 Å². The van der Waals surface area contributed by atoms with E-state index in [1.54, 1.807) is 31.3 Å². The van der Waals surface area contributed by atoms with E-state index in [1.807, 2.05) is 6.92 Å². The third-order valence-electron chi connectivity index (χ3n) is 2.18. The van der Waals surface area contributed by atoms with Crippen LogP contribution in [-0.2, 0) is 9.53 Å². The van der Waals surface area contributed by atoms with Crippen LogP contribution in [0.4, 0.5) is 5.69 Å². The maximum Gasteiger partial charge on any atom is 0.338 e. The van der Waals surface area contributed by atoms with Gasteiger partial charge < -0.3 is 15.4 Å². The van der Waals surface area contributed by atoms with Gasteiger partial charge in [0, 0.05) is 5.69 Å². The minimum atomic E-state index is -0.343. The molecule has 1 aromatic carbocycles. The highest BCUT2D eigenvalue weighted by Crippen LogP contribution is 2.10. The van der Waals surface area contributed by atoms with E-state index in [2.05, 4.69) is 10.6 Å². The molecule has 2 N–H and O–H groups in total. The Hall–Kier alpha value is -1.88. The molecule has 5 nitrogen and oxygen atoms in total.